The minimum absolute atomic E-state index is 0.00274. The lowest BCUT2D eigenvalue weighted by Crippen LogP contribution is -2.29. The highest BCUT2D eigenvalue weighted by Gasteiger charge is 2.16. The van der Waals surface area contributed by atoms with Gasteiger partial charge in [-0.15, -0.1) is 11.3 Å². The van der Waals surface area contributed by atoms with Crippen LogP contribution in [0.5, 0.6) is 5.75 Å². The normalized spacial score (nSPS) is 12.0. The van der Waals surface area contributed by atoms with Gasteiger partial charge in [-0.3, -0.25) is 4.79 Å². The molecule has 0 aliphatic carbocycles. The van der Waals surface area contributed by atoms with E-state index in [2.05, 4.69) is 10.3 Å². The molecule has 112 valence electrons. The van der Waals surface area contributed by atoms with Gasteiger partial charge in [0.1, 0.15) is 10.8 Å². The number of hydrogen-bond acceptors (Lipinski definition) is 4. The van der Waals surface area contributed by atoms with Crippen molar-refractivity contribution in [3.63, 3.8) is 0 Å². The van der Waals surface area contributed by atoms with Crippen molar-refractivity contribution in [1.82, 2.24) is 10.3 Å². The second kappa shape index (κ2) is 7.22. The molecule has 21 heavy (non-hydrogen) atoms. The van der Waals surface area contributed by atoms with Crippen LogP contribution in [0.25, 0.3) is 0 Å². The van der Waals surface area contributed by atoms with Crippen LogP contribution >= 0.6 is 11.3 Å². The molecule has 2 rings (SSSR count). The molecule has 1 aromatic heterocycles. The molecule has 1 N–H and O–H groups in total. The summed E-state index contributed by atoms with van der Waals surface area (Å²) in [4.78, 5) is 16.6. The Kier molecular flexibility index (Phi) is 5.33. The molecule has 1 amide bonds. The first-order chi connectivity index (χ1) is 10.1. The van der Waals surface area contributed by atoms with Crippen LogP contribution in [0.4, 0.5) is 0 Å². The van der Waals surface area contributed by atoms with Gasteiger partial charge in [-0.05, 0) is 31.0 Å². The summed E-state index contributed by atoms with van der Waals surface area (Å²) < 4.78 is 5.17. The Balaban J connectivity index is 1.99. The Bertz CT molecular complexity index is 610. The maximum atomic E-state index is 12.2. The van der Waals surface area contributed by atoms with Gasteiger partial charge >= 0.3 is 0 Å². The fourth-order valence-corrected chi connectivity index (χ4v) is 3.01. The van der Waals surface area contributed by atoms with Gasteiger partial charge in [0, 0.05) is 11.1 Å². The van der Waals surface area contributed by atoms with E-state index in [1.54, 1.807) is 18.4 Å². The molecule has 0 fully saturated rings. The number of carbonyl (C=O) groups is 1. The van der Waals surface area contributed by atoms with Crippen molar-refractivity contribution in [1.29, 1.82) is 0 Å². The lowest BCUT2D eigenvalue weighted by Gasteiger charge is -2.14. The smallest absolute Gasteiger partial charge is 0.224 e. The number of aryl methyl sites for hydroxylation is 1. The number of nitrogens with one attached hydrogen (secondary N) is 1. The summed E-state index contributed by atoms with van der Waals surface area (Å²) >= 11 is 1.59. The van der Waals surface area contributed by atoms with Gasteiger partial charge in [-0.25, -0.2) is 4.98 Å². The average Bonchev–Trinajstić information content (AvgIpc) is 2.91. The molecule has 0 aliphatic heterocycles. The molecule has 5 heteroatoms. The molecule has 0 bridgehead atoms. The molecule has 1 heterocycles. The van der Waals surface area contributed by atoms with Gasteiger partial charge in [0.25, 0.3) is 0 Å². The molecule has 1 atom stereocenters. The van der Waals surface area contributed by atoms with Crippen LogP contribution in [-0.2, 0) is 11.2 Å². The monoisotopic (exact) mass is 304 g/mol. The fourth-order valence-electron chi connectivity index (χ4n) is 2.08. The van der Waals surface area contributed by atoms with Crippen LogP contribution < -0.4 is 10.1 Å². The minimum Gasteiger partial charge on any atom is -0.497 e. The highest BCUT2D eigenvalue weighted by molar-refractivity contribution is 7.09. The lowest BCUT2D eigenvalue weighted by molar-refractivity contribution is -0.121. The van der Waals surface area contributed by atoms with Gasteiger partial charge in [-0.2, -0.15) is 0 Å². The zero-order chi connectivity index (χ0) is 15.2. The Morgan fingerprint density at radius 2 is 2.29 bits per heavy atom. The van der Waals surface area contributed by atoms with Crippen LogP contribution in [0.3, 0.4) is 0 Å². The third kappa shape index (κ3) is 4.29. The van der Waals surface area contributed by atoms with E-state index in [4.69, 9.17) is 4.74 Å². The molecule has 0 saturated carbocycles. The molecule has 4 nitrogen and oxygen atoms in total. The maximum absolute atomic E-state index is 12.2. The van der Waals surface area contributed by atoms with Crippen molar-refractivity contribution in [2.24, 2.45) is 0 Å². The van der Waals surface area contributed by atoms with E-state index in [1.165, 1.54) is 0 Å². The molecule has 0 unspecified atom stereocenters. The highest BCUT2D eigenvalue weighted by Crippen LogP contribution is 2.21. The van der Waals surface area contributed by atoms with Gasteiger partial charge in [0.2, 0.25) is 5.91 Å². The van der Waals surface area contributed by atoms with Crippen molar-refractivity contribution >= 4 is 17.2 Å². The molecular formula is C16H20N2O2S. The molecule has 1 aromatic carbocycles. The topological polar surface area (TPSA) is 51.2 Å². The van der Waals surface area contributed by atoms with Gasteiger partial charge < -0.3 is 10.1 Å². The van der Waals surface area contributed by atoms with Crippen molar-refractivity contribution in [3.8, 4) is 5.75 Å². The SMILES string of the molecule is CC[C@H](NC(=O)Cc1cccc(OC)c1)c1nc(C)cs1. The number of methoxy groups -OCH3 is 1. The number of amides is 1. The number of ether oxygens (including phenoxy) is 1. The van der Waals surface area contributed by atoms with E-state index in [9.17, 15) is 4.79 Å². The largest absolute Gasteiger partial charge is 0.497 e. The van der Waals surface area contributed by atoms with Crippen molar-refractivity contribution < 1.29 is 9.53 Å². The van der Waals surface area contributed by atoms with Crippen molar-refractivity contribution in [2.45, 2.75) is 32.7 Å². The van der Waals surface area contributed by atoms with E-state index < -0.39 is 0 Å². The van der Waals surface area contributed by atoms with Crippen LogP contribution in [-0.4, -0.2) is 18.0 Å². The van der Waals surface area contributed by atoms with Crippen LogP contribution in [0.2, 0.25) is 0 Å². The number of carbonyl (C=O) groups excluding carboxylic acids is 1. The predicted molar refractivity (Wildman–Crippen MR) is 84.7 cm³/mol. The molecule has 0 spiro atoms. The highest BCUT2D eigenvalue weighted by atomic mass is 32.1. The standard InChI is InChI=1S/C16H20N2O2S/c1-4-14(16-17-11(2)10-21-16)18-15(19)9-12-6-5-7-13(8-12)20-3/h5-8,10,14H,4,9H2,1-3H3,(H,18,19)/t14-/m0/s1. The first-order valence-electron chi connectivity index (χ1n) is 6.96. The van der Waals surface area contributed by atoms with Crippen LogP contribution in [0, 0.1) is 6.92 Å². The fraction of sp³-hybridized carbons (Fsp3) is 0.375. The number of nitrogens with zero attached hydrogens (tertiary/aromatic N) is 1. The number of benzene rings is 1. The number of hydrogen-bond donors (Lipinski definition) is 1. The zero-order valence-corrected chi connectivity index (χ0v) is 13.4. The summed E-state index contributed by atoms with van der Waals surface area (Å²) in [6, 6.07) is 7.56. The molecule has 0 radical (unpaired) electrons. The third-order valence-electron chi connectivity index (χ3n) is 3.18. The summed E-state index contributed by atoms with van der Waals surface area (Å²) in [5.41, 5.74) is 1.94. The lowest BCUT2D eigenvalue weighted by atomic mass is 10.1. The Morgan fingerprint density at radius 1 is 1.48 bits per heavy atom. The minimum atomic E-state index is -0.0122. The third-order valence-corrected chi connectivity index (χ3v) is 4.25. The quantitative estimate of drug-likeness (QED) is 0.891. The first kappa shape index (κ1) is 15.5. The molecular weight excluding hydrogens is 284 g/mol. The van der Waals surface area contributed by atoms with Crippen LogP contribution in [0.15, 0.2) is 29.6 Å². The summed E-state index contributed by atoms with van der Waals surface area (Å²) in [5.74, 6) is 0.769. The second-order valence-corrected chi connectivity index (χ2v) is 5.77. The van der Waals surface area contributed by atoms with E-state index in [-0.39, 0.29) is 11.9 Å². The zero-order valence-electron chi connectivity index (χ0n) is 12.6. The summed E-state index contributed by atoms with van der Waals surface area (Å²) in [6.45, 7) is 4.01. The number of thiazole rings is 1. The Labute approximate surface area is 129 Å². The average molecular weight is 304 g/mol. The van der Waals surface area contributed by atoms with Gasteiger partial charge in [-0.1, -0.05) is 19.1 Å². The predicted octanol–water partition coefficient (Wildman–Crippen LogP) is 3.27. The molecule has 2 aromatic rings. The Morgan fingerprint density at radius 3 is 2.90 bits per heavy atom. The van der Waals surface area contributed by atoms with E-state index in [0.717, 1.165) is 28.4 Å². The molecule has 0 aliphatic rings. The Hall–Kier alpha value is -1.88. The summed E-state index contributed by atoms with van der Waals surface area (Å²) in [6.07, 6.45) is 1.18. The van der Waals surface area contributed by atoms with Gasteiger partial charge in [0.15, 0.2) is 0 Å². The summed E-state index contributed by atoms with van der Waals surface area (Å²) in [7, 11) is 1.62. The van der Waals surface area contributed by atoms with Crippen molar-refractivity contribution in [3.05, 3.63) is 45.9 Å². The second-order valence-electron chi connectivity index (χ2n) is 4.88. The van der Waals surface area contributed by atoms with Crippen molar-refractivity contribution in [2.75, 3.05) is 7.11 Å². The summed E-state index contributed by atoms with van der Waals surface area (Å²) in [5, 5.41) is 6.02. The first-order valence-corrected chi connectivity index (χ1v) is 7.84. The van der Waals surface area contributed by atoms with E-state index >= 15 is 0 Å². The maximum Gasteiger partial charge on any atom is 0.224 e. The molecule has 0 saturated heterocycles. The van der Waals surface area contributed by atoms with E-state index in [0.29, 0.717) is 6.42 Å². The van der Waals surface area contributed by atoms with Crippen LogP contribution in [0.1, 0.15) is 35.7 Å². The number of rotatable bonds is 6. The number of aromatic nitrogens is 1. The van der Waals surface area contributed by atoms with Gasteiger partial charge in [0.05, 0.1) is 19.6 Å². The van der Waals surface area contributed by atoms with E-state index in [1.807, 2.05) is 43.5 Å².